The van der Waals surface area contributed by atoms with E-state index in [-0.39, 0.29) is 17.6 Å². The predicted octanol–water partition coefficient (Wildman–Crippen LogP) is 5.14. The van der Waals surface area contributed by atoms with Gasteiger partial charge in [-0.1, -0.05) is 54.6 Å². The average Bonchev–Trinajstić information content (AvgIpc) is 3.15. The summed E-state index contributed by atoms with van der Waals surface area (Å²) in [6.45, 7) is 2.17. The van der Waals surface area contributed by atoms with Crippen LogP contribution >= 0.6 is 0 Å². The molecule has 2 aliphatic heterocycles. The number of para-hydroxylation sites is 1. The number of carbonyl (C=O) groups excluding carboxylic acids is 1. The third-order valence-corrected chi connectivity index (χ3v) is 7.06. The fourth-order valence-corrected chi connectivity index (χ4v) is 5.61. The molecule has 2 atom stereocenters. The van der Waals surface area contributed by atoms with E-state index in [0.717, 1.165) is 42.8 Å². The fraction of sp³-hybridized carbons (Fsp3) is 0.321. The number of amides is 1. The molecule has 2 saturated heterocycles. The van der Waals surface area contributed by atoms with Crippen molar-refractivity contribution in [2.24, 2.45) is 0 Å². The molecule has 0 aliphatic carbocycles. The summed E-state index contributed by atoms with van der Waals surface area (Å²) in [7, 11) is 1.69. The van der Waals surface area contributed by atoms with Gasteiger partial charge in [0.2, 0.25) is 5.91 Å². The normalized spacial score (nSPS) is 23.0. The van der Waals surface area contributed by atoms with Crippen molar-refractivity contribution in [1.82, 2.24) is 10.2 Å². The molecule has 0 radical (unpaired) electrons. The highest BCUT2D eigenvalue weighted by atomic mass is 19.1. The van der Waals surface area contributed by atoms with Gasteiger partial charge in [0.25, 0.3) is 0 Å². The molecule has 2 heterocycles. The Kier molecular flexibility index (Phi) is 5.90. The Labute approximate surface area is 194 Å². The van der Waals surface area contributed by atoms with E-state index >= 15 is 0 Å². The minimum atomic E-state index is -0.419. The largest absolute Gasteiger partial charge is 0.496 e. The second-order valence-corrected chi connectivity index (χ2v) is 9.20. The number of methoxy groups -OCH3 is 1. The molecule has 1 spiro atoms. The van der Waals surface area contributed by atoms with Crippen molar-refractivity contribution in [1.29, 1.82) is 0 Å². The van der Waals surface area contributed by atoms with Crippen molar-refractivity contribution in [2.75, 3.05) is 20.2 Å². The number of carbonyl (C=O) groups is 1. The van der Waals surface area contributed by atoms with Gasteiger partial charge in [0.15, 0.2) is 0 Å². The lowest BCUT2D eigenvalue weighted by Gasteiger charge is -2.39. The predicted molar refractivity (Wildman–Crippen MR) is 128 cm³/mol. The molecular formula is C28H29FN2O2. The number of piperidine rings is 1. The highest BCUT2D eigenvalue weighted by Gasteiger charge is 2.49. The maximum Gasteiger partial charge on any atom is 0.220 e. The van der Waals surface area contributed by atoms with Crippen molar-refractivity contribution in [3.8, 4) is 16.9 Å². The van der Waals surface area contributed by atoms with Crippen LogP contribution in [0.15, 0.2) is 72.8 Å². The van der Waals surface area contributed by atoms with Crippen molar-refractivity contribution < 1.29 is 13.9 Å². The summed E-state index contributed by atoms with van der Waals surface area (Å²) in [6.07, 6.45) is 2.26. The molecule has 5 rings (SSSR count). The van der Waals surface area contributed by atoms with Crippen LogP contribution in [0.3, 0.4) is 0 Å². The molecule has 1 N–H and O–H groups in total. The number of nitrogens with zero attached hydrogens (tertiary/aromatic N) is 1. The van der Waals surface area contributed by atoms with Crippen molar-refractivity contribution in [3.05, 3.63) is 89.7 Å². The lowest BCUT2D eigenvalue weighted by molar-refractivity contribution is -0.125. The maximum absolute atomic E-state index is 14.8. The summed E-state index contributed by atoms with van der Waals surface area (Å²) < 4.78 is 20.3. The average molecular weight is 445 g/mol. The SMILES string of the molecule is COc1ccccc1-c1cccc(CN2C[C@@H](c3ccccc3F)[C@@]3(CCCC(=O)N3)C2)c1. The number of hydrogen-bond donors (Lipinski definition) is 1. The van der Waals surface area contributed by atoms with E-state index in [1.807, 2.05) is 30.3 Å². The minimum absolute atomic E-state index is 0.0691. The summed E-state index contributed by atoms with van der Waals surface area (Å²) in [5, 5.41) is 3.27. The number of benzene rings is 3. The van der Waals surface area contributed by atoms with E-state index in [1.54, 1.807) is 13.2 Å². The van der Waals surface area contributed by atoms with Crippen LogP contribution in [-0.2, 0) is 11.3 Å². The first kappa shape index (κ1) is 21.7. The first-order chi connectivity index (χ1) is 16.1. The first-order valence-electron chi connectivity index (χ1n) is 11.6. The van der Waals surface area contributed by atoms with Gasteiger partial charge in [-0.05, 0) is 47.7 Å². The first-order valence-corrected chi connectivity index (χ1v) is 11.6. The van der Waals surface area contributed by atoms with E-state index in [2.05, 4.69) is 40.5 Å². The van der Waals surface area contributed by atoms with E-state index < -0.39 is 5.54 Å². The molecule has 170 valence electrons. The number of nitrogens with one attached hydrogen (secondary N) is 1. The van der Waals surface area contributed by atoms with E-state index in [0.29, 0.717) is 18.5 Å². The Balaban J connectivity index is 1.43. The third-order valence-electron chi connectivity index (χ3n) is 7.06. The molecule has 33 heavy (non-hydrogen) atoms. The molecule has 1 amide bonds. The summed E-state index contributed by atoms with van der Waals surface area (Å²) in [4.78, 5) is 14.7. The molecule has 2 fully saturated rings. The van der Waals surface area contributed by atoms with Gasteiger partial charge in [-0.3, -0.25) is 9.69 Å². The number of rotatable bonds is 5. The molecule has 4 nitrogen and oxygen atoms in total. The molecule has 0 aromatic heterocycles. The van der Waals surface area contributed by atoms with E-state index in [1.165, 1.54) is 11.6 Å². The van der Waals surface area contributed by atoms with Gasteiger partial charge < -0.3 is 10.1 Å². The Morgan fingerprint density at radius 2 is 1.91 bits per heavy atom. The second-order valence-electron chi connectivity index (χ2n) is 9.20. The van der Waals surface area contributed by atoms with E-state index in [4.69, 9.17) is 4.74 Å². The Morgan fingerprint density at radius 3 is 2.73 bits per heavy atom. The summed E-state index contributed by atoms with van der Waals surface area (Å²) >= 11 is 0. The van der Waals surface area contributed by atoms with Gasteiger partial charge in [-0.2, -0.15) is 0 Å². The zero-order valence-corrected chi connectivity index (χ0v) is 18.9. The van der Waals surface area contributed by atoms with Crippen molar-refractivity contribution in [2.45, 2.75) is 37.3 Å². The van der Waals surface area contributed by atoms with Gasteiger partial charge in [-0.15, -0.1) is 0 Å². The lowest BCUT2D eigenvalue weighted by Crippen LogP contribution is -2.56. The number of halogens is 1. The van der Waals surface area contributed by atoms with Crippen molar-refractivity contribution >= 4 is 5.91 Å². The quantitative estimate of drug-likeness (QED) is 0.593. The van der Waals surface area contributed by atoms with Gasteiger partial charge >= 0.3 is 0 Å². The van der Waals surface area contributed by atoms with Crippen molar-refractivity contribution in [3.63, 3.8) is 0 Å². The highest BCUT2D eigenvalue weighted by Crippen LogP contribution is 2.42. The molecule has 0 saturated carbocycles. The van der Waals surface area contributed by atoms with Crippen LogP contribution in [0.5, 0.6) is 5.75 Å². The minimum Gasteiger partial charge on any atom is -0.496 e. The monoisotopic (exact) mass is 444 g/mol. The molecule has 0 unspecified atom stereocenters. The molecule has 5 heteroatoms. The van der Waals surface area contributed by atoms with Crippen LogP contribution in [0.1, 0.15) is 36.3 Å². The number of hydrogen-bond acceptors (Lipinski definition) is 3. The zero-order chi connectivity index (χ0) is 22.8. The van der Waals surface area contributed by atoms with Crippen LogP contribution < -0.4 is 10.1 Å². The van der Waals surface area contributed by atoms with Crippen LogP contribution in [0.4, 0.5) is 4.39 Å². The fourth-order valence-electron chi connectivity index (χ4n) is 5.61. The molecule has 3 aromatic rings. The Hall–Kier alpha value is -3.18. The lowest BCUT2D eigenvalue weighted by atomic mass is 9.76. The Morgan fingerprint density at radius 1 is 1.09 bits per heavy atom. The molecule has 3 aromatic carbocycles. The smallest absolute Gasteiger partial charge is 0.220 e. The second kappa shape index (κ2) is 8.99. The molecule has 0 bridgehead atoms. The van der Waals surface area contributed by atoms with E-state index in [9.17, 15) is 9.18 Å². The maximum atomic E-state index is 14.8. The summed E-state index contributed by atoms with van der Waals surface area (Å²) in [5.41, 5.74) is 3.63. The van der Waals surface area contributed by atoms with Crippen LogP contribution in [0.2, 0.25) is 0 Å². The van der Waals surface area contributed by atoms with Gasteiger partial charge in [0, 0.05) is 37.5 Å². The summed E-state index contributed by atoms with van der Waals surface area (Å²) in [6, 6.07) is 23.5. The molecule has 2 aliphatic rings. The van der Waals surface area contributed by atoms with Crippen LogP contribution in [0.25, 0.3) is 11.1 Å². The highest BCUT2D eigenvalue weighted by molar-refractivity contribution is 5.78. The summed E-state index contributed by atoms with van der Waals surface area (Å²) in [5.74, 6) is 0.656. The topological polar surface area (TPSA) is 41.6 Å². The standard InChI is InChI=1S/C28H29FN2O2/c1-33-26-13-5-3-10-22(26)21-9-6-8-20(16-21)17-31-18-24(23-11-2-4-12-25(23)29)28(19-31)15-7-14-27(32)30-28/h2-6,8-13,16,24H,7,14-15,17-19H2,1H3,(H,30,32)/t24-,28+/m0/s1. The van der Waals surface area contributed by atoms with Gasteiger partial charge in [-0.25, -0.2) is 4.39 Å². The number of ether oxygens (including phenoxy) is 1. The zero-order valence-electron chi connectivity index (χ0n) is 18.9. The molecular weight excluding hydrogens is 415 g/mol. The van der Waals surface area contributed by atoms with Crippen LogP contribution in [-0.4, -0.2) is 36.5 Å². The van der Waals surface area contributed by atoms with Gasteiger partial charge in [0.1, 0.15) is 11.6 Å². The van der Waals surface area contributed by atoms with Crippen LogP contribution in [0, 0.1) is 5.82 Å². The van der Waals surface area contributed by atoms with Gasteiger partial charge in [0.05, 0.1) is 12.6 Å². The Bertz CT molecular complexity index is 1160. The number of likely N-dealkylation sites (tertiary alicyclic amines) is 1. The third kappa shape index (κ3) is 4.25.